The number of anilines is 1. The third-order valence-electron chi connectivity index (χ3n) is 4.87. The Morgan fingerprint density at radius 1 is 1.07 bits per heavy atom. The van der Waals surface area contributed by atoms with Crippen LogP contribution in [0.15, 0.2) is 48.3 Å². The molecule has 2 aromatic rings. The first-order chi connectivity index (χ1) is 14.2. The van der Waals surface area contributed by atoms with Gasteiger partial charge < -0.3 is 4.74 Å². The van der Waals surface area contributed by atoms with Crippen LogP contribution < -0.4 is 4.90 Å². The fourth-order valence-electron chi connectivity index (χ4n) is 3.55. The van der Waals surface area contributed by atoms with Crippen molar-refractivity contribution in [1.82, 2.24) is 9.80 Å². The molecule has 2 aliphatic heterocycles. The second-order valence-corrected chi connectivity index (χ2v) is 8.05. The summed E-state index contributed by atoms with van der Waals surface area (Å²) >= 11 is 0. The minimum absolute atomic E-state index is 0.116. The largest absolute Gasteiger partial charge is 0.443 e. The summed E-state index contributed by atoms with van der Waals surface area (Å²) in [6.07, 6.45) is 0.793. The molecule has 0 N–H and O–H groups in total. The van der Waals surface area contributed by atoms with E-state index in [4.69, 9.17) is 4.74 Å². The summed E-state index contributed by atoms with van der Waals surface area (Å²) in [7, 11) is 0. The van der Waals surface area contributed by atoms with Crippen molar-refractivity contribution in [3.05, 3.63) is 53.9 Å². The van der Waals surface area contributed by atoms with Crippen LogP contribution in [-0.4, -0.2) is 46.5 Å². The lowest BCUT2D eigenvalue weighted by Crippen LogP contribution is -2.43. The number of nitriles is 1. The van der Waals surface area contributed by atoms with Crippen LogP contribution in [0.25, 0.3) is 10.8 Å². The first kappa shape index (κ1) is 19.5. The van der Waals surface area contributed by atoms with Gasteiger partial charge in [-0.1, -0.05) is 24.3 Å². The molecule has 4 rings (SSSR count). The molecule has 0 bridgehead atoms. The summed E-state index contributed by atoms with van der Waals surface area (Å²) in [4.78, 5) is 42.3. The quantitative estimate of drug-likeness (QED) is 0.677. The number of hydrogen-bond acceptors (Lipinski definition) is 5. The highest BCUT2D eigenvalue weighted by molar-refractivity contribution is 6.29. The average molecular weight is 404 g/mol. The topological polar surface area (TPSA) is 94.0 Å². The second-order valence-electron chi connectivity index (χ2n) is 8.05. The zero-order valence-electron chi connectivity index (χ0n) is 16.9. The highest BCUT2D eigenvalue weighted by atomic mass is 16.6. The average Bonchev–Trinajstić information content (AvgIpc) is 2.96. The van der Waals surface area contributed by atoms with Gasteiger partial charge in [-0.15, -0.1) is 0 Å². The molecule has 30 heavy (non-hydrogen) atoms. The summed E-state index contributed by atoms with van der Waals surface area (Å²) in [6, 6.07) is 12.0. The first-order valence-corrected chi connectivity index (χ1v) is 9.50. The van der Waals surface area contributed by atoms with Gasteiger partial charge in [0.05, 0.1) is 17.3 Å². The Hall–Kier alpha value is -3.86. The number of ether oxygens (including phenoxy) is 1. The molecular formula is C22H20N4O4. The van der Waals surface area contributed by atoms with Crippen molar-refractivity contribution in [3.63, 3.8) is 0 Å². The lowest BCUT2D eigenvalue weighted by atomic mass is 10.0. The van der Waals surface area contributed by atoms with Crippen LogP contribution >= 0.6 is 0 Å². The Labute approximate surface area is 173 Å². The standard InChI is InChI=1S/C22H20N4O4/c1-22(2,3)30-21(29)24-10-11-25-18(13-24)19(27)26(20(25)28)17-9-8-14(12-23)15-6-4-5-7-16(15)17/h4-9,13H,10-11H2,1-3H3. The molecule has 0 unspecified atom stereocenters. The maximum atomic E-state index is 13.2. The Bertz CT molecular complexity index is 1160. The molecule has 1 saturated heterocycles. The van der Waals surface area contributed by atoms with Crippen molar-refractivity contribution in [2.75, 3.05) is 18.0 Å². The molecule has 8 heteroatoms. The van der Waals surface area contributed by atoms with E-state index in [0.717, 1.165) is 4.90 Å². The molecule has 0 atom stereocenters. The van der Waals surface area contributed by atoms with E-state index in [1.54, 1.807) is 57.2 Å². The molecule has 4 amide bonds. The van der Waals surface area contributed by atoms with Gasteiger partial charge in [-0.2, -0.15) is 5.26 Å². The fraction of sp³-hybridized carbons (Fsp3) is 0.273. The van der Waals surface area contributed by atoms with Gasteiger partial charge in [-0.05, 0) is 32.9 Å². The normalized spacial score (nSPS) is 16.5. The Kier molecular flexibility index (Phi) is 4.46. The lowest BCUT2D eigenvalue weighted by Gasteiger charge is -2.30. The van der Waals surface area contributed by atoms with E-state index >= 15 is 0 Å². The van der Waals surface area contributed by atoms with E-state index in [1.807, 2.05) is 0 Å². The van der Waals surface area contributed by atoms with Crippen LogP contribution in [0.4, 0.5) is 15.3 Å². The van der Waals surface area contributed by atoms with Crippen LogP contribution in [0.3, 0.4) is 0 Å². The number of benzene rings is 2. The molecule has 2 aliphatic rings. The van der Waals surface area contributed by atoms with Gasteiger partial charge in [-0.25, -0.2) is 14.5 Å². The number of amides is 4. The maximum absolute atomic E-state index is 13.2. The van der Waals surface area contributed by atoms with E-state index in [0.29, 0.717) is 22.0 Å². The number of hydrogen-bond donors (Lipinski definition) is 0. The monoisotopic (exact) mass is 404 g/mol. The van der Waals surface area contributed by atoms with Crippen molar-refractivity contribution in [2.45, 2.75) is 26.4 Å². The number of carbonyl (C=O) groups excluding carboxylic acids is 3. The molecule has 2 heterocycles. The van der Waals surface area contributed by atoms with Crippen molar-refractivity contribution in [3.8, 4) is 6.07 Å². The second kappa shape index (κ2) is 6.88. The zero-order valence-corrected chi connectivity index (χ0v) is 16.9. The highest BCUT2D eigenvalue weighted by Gasteiger charge is 2.45. The summed E-state index contributed by atoms with van der Waals surface area (Å²) < 4.78 is 5.37. The fourth-order valence-corrected chi connectivity index (χ4v) is 3.55. The molecule has 2 aromatic carbocycles. The number of urea groups is 1. The molecule has 8 nitrogen and oxygen atoms in total. The van der Waals surface area contributed by atoms with Crippen molar-refractivity contribution < 1.29 is 19.1 Å². The number of rotatable bonds is 1. The Morgan fingerprint density at radius 2 is 1.77 bits per heavy atom. The van der Waals surface area contributed by atoms with Crippen molar-refractivity contribution in [1.29, 1.82) is 5.26 Å². The van der Waals surface area contributed by atoms with Gasteiger partial charge >= 0.3 is 12.1 Å². The van der Waals surface area contributed by atoms with Gasteiger partial charge in [0.1, 0.15) is 11.3 Å². The Morgan fingerprint density at radius 3 is 2.43 bits per heavy atom. The van der Waals surface area contributed by atoms with Crippen molar-refractivity contribution >= 4 is 34.5 Å². The maximum Gasteiger partial charge on any atom is 0.414 e. The molecule has 0 aromatic heterocycles. The molecule has 0 spiro atoms. The molecular weight excluding hydrogens is 384 g/mol. The predicted molar refractivity (Wildman–Crippen MR) is 109 cm³/mol. The van der Waals surface area contributed by atoms with E-state index in [1.165, 1.54) is 16.0 Å². The van der Waals surface area contributed by atoms with E-state index in [-0.39, 0.29) is 18.8 Å². The Balaban J connectivity index is 1.73. The number of nitrogens with zero attached hydrogens (tertiary/aromatic N) is 4. The van der Waals surface area contributed by atoms with E-state index in [9.17, 15) is 19.6 Å². The van der Waals surface area contributed by atoms with E-state index in [2.05, 4.69) is 6.07 Å². The molecule has 0 aliphatic carbocycles. The smallest absolute Gasteiger partial charge is 0.414 e. The SMILES string of the molecule is CC(C)(C)OC(=O)N1C=C2C(=O)N(c3ccc(C#N)c4ccccc34)C(=O)N2CC1. The summed E-state index contributed by atoms with van der Waals surface area (Å²) in [5.41, 5.74) is 0.307. The third-order valence-corrected chi connectivity index (χ3v) is 4.87. The van der Waals surface area contributed by atoms with Crippen LogP contribution in [0, 0.1) is 11.3 Å². The lowest BCUT2D eigenvalue weighted by molar-refractivity contribution is -0.114. The van der Waals surface area contributed by atoms with Crippen LogP contribution in [0.5, 0.6) is 0 Å². The summed E-state index contributed by atoms with van der Waals surface area (Å²) in [6.45, 7) is 5.68. The van der Waals surface area contributed by atoms with E-state index < -0.39 is 23.6 Å². The summed E-state index contributed by atoms with van der Waals surface area (Å²) in [5, 5.41) is 10.6. The van der Waals surface area contributed by atoms with Gasteiger partial charge in [0.15, 0.2) is 0 Å². The number of imide groups is 1. The van der Waals surface area contributed by atoms with Crippen LogP contribution in [0.1, 0.15) is 26.3 Å². The molecule has 0 radical (unpaired) electrons. The highest BCUT2D eigenvalue weighted by Crippen LogP contribution is 2.35. The van der Waals surface area contributed by atoms with Gasteiger partial charge in [0.25, 0.3) is 5.91 Å². The molecule has 0 saturated carbocycles. The minimum atomic E-state index is -0.671. The minimum Gasteiger partial charge on any atom is -0.443 e. The van der Waals surface area contributed by atoms with Crippen molar-refractivity contribution in [2.24, 2.45) is 0 Å². The van der Waals surface area contributed by atoms with Crippen LogP contribution in [-0.2, 0) is 9.53 Å². The van der Waals surface area contributed by atoms with Gasteiger partial charge in [0, 0.05) is 30.1 Å². The molecule has 152 valence electrons. The zero-order chi connectivity index (χ0) is 21.6. The third kappa shape index (κ3) is 3.14. The number of carbonyl (C=O) groups is 3. The van der Waals surface area contributed by atoms with Crippen LogP contribution in [0.2, 0.25) is 0 Å². The van der Waals surface area contributed by atoms with Gasteiger partial charge in [0.2, 0.25) is 0 Å². The van der Waals surface area contributed by atoms with Gasteiger partial charge in [-0.3, -0.25) is 14.6 Å². The predicted octanol–water partition coefficient (Wildman–Crippen LogP) is 3.57. The summed E-state index contributed by atoms with van der Waals surface area (Å²) in [5.74, 6) is -0.525. The molecule has 1 fully saturated rings. The number of fused-ring (bicyclic) bond motifs is 2. The first-order valence-electron chi connectivity index (χ1n) is 9.50.